The minimum absolute atomic E-state index is 0.0364. The number of anilines is 1. The van der Waals surface area contributed by atoms with E-state index in [0.29, 0.717) is 22.6 Å². The van der Waals surface area contributed by atoms with Gasteiger partial charge in [0.2, 0.25) is 0 Å². The maximum Gasteiger partial charge on any atom is 0.350 e. The van der Waals surface area contributed by atoms with Crippen molar-refractivity contribution in [2.24, 2.45) is 0 Å². The summed E-state index contributed by atoms with van der Waals surface area (Å²) >= 11 is 0.860. The number of ether oxygens (including phenoxy) is 2. The van der Waals surface area contributed by atoms with Crippen molar-refractivity contribution in [2.75, 3.05) is 12.0 Å². The molecule has 0 unspecified atom stereocenters. The molecule has 2 heterocycles. The first-order valence-corrected chi connectivity index (χ1v) is 12.6. The van der Waals surface area contributed by atoms with Crippen LogP contribution in [0.2, 0.25) is 0 Å². The highest BCUT2D eigenvalue weighted by Gasteiger charge is 2.48. The number of benzene rings is 2. The number of carbonyl (C=O) groups is 3. The zero-order valence-electron chi connectivity index (χ0n) is 21.8. The molecule has 202 valence electrons. The van der Waals surface area contributed by atoms with Crippen molar-refractivity contribution in [1.82, 2.24) is 4.98 Å². The Morgan fingerprint density at radius 3 is 2.38 bits per heavy atom. The van der Waals surface area contributed by atoms with Crippen molar-refractivity contribution in [3.05, 3.63) is 85.4 Å². The number of nitro groups is 1. The van der Waals surface area contributed by atoms with E-state index in [0.717, 1.165) is 16.2 Å². The Morgan fingerprint density at radius 1 is 1.15 bits per heavy atom. The number of methoxy groups -OCH3 is 1. The van der Waals surface area contributed by atoms with Gasteiger partial charge in [-0.3, -0.25) is 24.6 Å². The van der Waals surface area contributed by atoms with Crippen LogP contribution in [0, 0.1) is 24.0 Å². The number of carbonyl (C=O) groups excluding carboxylic acids is 3. The van der Waals surface area contributed by atoms with Gasteiger partial charge in [0, 0.05) is 17.7 Å². The second-order valence-electron chi connectivity index (χ2n) is 9.07. The molecular formula is C27H25N3O8S. The van der Waals surface area contributed by atoms with Crippen molar-refractivity contribution in [2.45, 2.75) is 39.8 Å². The largest absolute Gasteiger partial charge is 0.507 e. The summed E-state index contributed by atoms with van der Waals surface area (Å²) in [4.78, 5) is 55.2. The van der Waals surface area contributed by atoms with E-state index >= 15 is 0 Å². The second kappa shape index (κ2) is 10.7. The molecule has 2 aromatic carbocycles. The third-order valence-electron chi connectivity index (χ3n) is 6.04. The summed E-state index contributed by atoms with van der Waals surface area (Å²) in [5.41, 5.74) is 1.18. The lowest BCUT2D eigenvalue weighted by atomic mass is 9.94. The number of non-ortho nitro benzene ring substituents is 1. The molecule has 1 fully saturated rings. The maximum absolute atomic E-state index is 13.4. The summed E-state index contributed by atoms with van der Waals surface area (Å²) in [6.45, 7) is 7.11. The van der Waals surface area contributed by atoms with Crippen molar-refractivity contribution in [3.63, 3.8) is 0 Å². The predicted octanol–water partition coefficient (Wildman–Crippen LogP) is 4.87. The van der Waals surface area contributed by atoms with Crippen LogP contribution in [-0.4, -0.2) is 45.9 Å². The predicted molar refractivity (Wildman–Crippen MR) is 143 cm³/mol. The van der Waals surface area contributed by atoms with Gasteiger partial charge in [0.05, 0.1) is 35.4 Å². The van der Waals surface area contributed by atoms with E-state index in [1.54, 1.807) is 32.0 Å². The number of esters is 1. The van der Waals surface area contributed by atoms with Crippen LogP contribution < -0.4 is 9.64 Å². The van der Waals surface area contributed by atoms with E-state index in [1.165, 1.54) is 31.4 Å². The monoisotopic (exact) mass is 551 g/mol. The average molecular weight is 552 g/mol. The summed E-state index contributed by atoms with van der Waals surface area (Å²) in [6, 6.07) is 8.99. The number of aryl methyl sites for hydroxylation is 2. The quantitative estimate of drug-likeness (QED) is 0.108. The summed E-state index contributed by atoms with van der Waals surface area (Å²) in [7, 11) is 1.21. The van der Waals surface area contributed by atoms with Crippen molar-refractivity contribution < 1.29 is 33.9 Å². The minimum Gasteiger partial charge on any atom is -0.507 e. The van der Waals surface area contributed by atoms with Crippen LogP contribution in [-0.2, 0) is 14.3 Å². The van der Waals surface area contributed by atoms with E-state index < -0.39 is 34.4 Å². The van der Waals surface area contributed by atoms with Gasteiger partial charge in [0.1, 0.15) is 16.4 Å². The number of aliphatic hydroxyl groups excluding tert-OH is 1. The Labute approximate surface area is 227 Å². The molecule has 1 amide bonds. The number of hydrogen-bond acceptors (Lipinski definition) is 10. The van der Waals surface area contributed by atoms with E-state index in [2.05, 4.69) is 4.98 Å². The molecular weight excluding hydrogens is 526 g/mol. The first-order chi connectivity index (χ1) is 18.4. The highest BCUT2D eigenvalue weighted by molar-refractivity contribution is 7.17. The molecule has 4 rings (SSSR count). The molecule has 39 heavy (non-hydrogen) atoms. The Kier molecular flexibility index (Phi) is 7.50. The van der Waals surface area contributed by atoms with Gasteiger partial charge in [-0.05, 0) is 69.2 Å². The lowest BCUT2D eigenvalue weighted by molar-refractivity contribution is -0.384. The number of nitro benzene ring substituents is 1. The van der Waals surface area contributed by atoms with E-state index in [1.807, 2.05) is 13.8 Å². The number of hydrogen-bond donors (Lipinski definition) is 1. The average Bonchev–Trinajstić information content (AvgIpc) is 3.40. The summed E-state index contributed by atoms with van der Waals surface area (Å²) in [6.07, 6.45) is -0.0766. The van der Waals surface area contributed by atoms with Crippen LogP contribution in [0.15, 0.2) is 48.0 Å². The molecule has 1 N–H and O–H groups in total. The van der Waals surface area contributed by atoms with E-state index in [-0.39, 0.29) is 32.9 Å². The molecule has 0 aliphatic carbocycles. The molecule has 1 atom stereocenters. The maximum atomic E-state index is 13.4. The third-order valence-corrected chi connectivity index (χ3v) is 7.17. The van der Waals surface area contributed by atoms with Gasteiger partial charge >= 0.3 is 11.9 Å². The Hall–Kier alpha value is -4.58. The van der Waals surface area contributed by atoms with Gasteiger partial charge in [-0.1, -0.05) is 11.3 Å². The second-order valence-corrected chi connectivity index (χ2v) is 10.0. The van der Waals surface area contributed by atoms with Gasteiger partial charge in [0.15, 0.2) is 5.13 Å². The Balaban J connectivity index is 1.91. The van der Waals surface area contributed by atoms with Crippen LogP contribution in [0.3, 0.4) is 0 Å². The number of thiazole rings is 1. The number of ketones is 1. The third kappa shape index (κ3) is 5.10. The summed E-state index contributed by atoms with van der Waals surface area (Å²) in [5.74, 6) is -2.42. The van der Waals surface area contributed by atoms with Crippen LogP contribution in [0.5, 0.6) is 5.75 Å². The Morgan fingerprint density at radius 2 is 1.82 bits per heavy atom. The number of rotatable bonds is 7. The highest BCUT2D eigenvalue weighted by Crippen LogP contribution is 2.44. The number of Topliss-reactive ketones (excluding diaryl/α,β-unsaturated/α-hetero) is 1. The zero-order chi connectivity index (χ0) is 28.6. The minimum atomic E-state index is -1.17. The fraction of sp³-hybridized carbons (Fsp3) is 0.259. The standard InChI is InChI=1S/C27H25N3O8S/c1-13(2)38-19-11-8-17(12-14(19)3)22(31)20-21(16-6-9-18(10-7-16)30(35)36)29(25(33)23(20)32)27-28-15(4)24(39-27)26(34)37-5/h6-13,21,31H,1-5H3/t21-/m1/s1. The molecule has 0 saturated carbocycles. The zero-order valence-corrected chi connectivity index (χ0v) is 22.6. The molecule has 1 aliphatic rings. The van der Waals surface area contributed by atoms with Gasteiger partial charge in [0.25, 0.3) is 11.5 Å². The van der Waals surface area contributed by atoms with Crippen LogP contribution in [0.1, 0.15) is 51.9 Å². The first-order valence-electron chi connectivity index (χ1n) is 11.8. The fourth-order valence-corrected chi connectivity index (χ4v) is 5.24. The lowest BCUT2D eigenvalue weighted by Gasteiger charge is -2.23. The highest BCUT2D eigenvalue weighted by atomic mass is 32.1. The lowest BCUT2D eigenvalue weighted by Crippen LogP contribution is -2.29. The number of aliphatic hydroxyl groups is 1. The fourth-order valence-electron chi connectivity index (χ4n) is 4.23. The number of aromatic nitrogens is 1. The molecule has 3 aromatic rings. The molecule has 0 spiro atoms. The van der Waals surface area contributed by atoms with Crippen LogP contribution >= 0.6 is 11.3 Å². The van der Waals surface area contributed by atoms with E-state index in [9.17, 15) is 29.6 Å². The number of amides is 1. The van der Waals surface area contributed by atoms with Crippen LogP contribution in [0.25, 0.3) is 5.76 Å². The van der Waals surface area contributed by atoms with Crippen molar-refractivity contribution >= 4 is 45.6 Å². The van der Waals surface area contributed by atoms with Crippen molar-refractivity contribution in [1.29, 1.82) is 0 Å². The normalized spacial score (nSPS) is 16.6. The molecule has 11 nitrogen and oxygen atoms in total. The first kappa shape index (κ1) is 27.5. The summed E-state index contributed by atoms with van der Waals surface area (Å²) < 4.78 is 10.5. The van der Waals surface area contributed by atoms with Crippen LogP contribution in [0.4, 0.5) is 10.8 Å². The van der Waals surface area contributed by atoms with Gasteiger partial charge < -0.3 is 14.6 Å². The molecule has 1 aromatic heterocycles. The van der Waals surface area contributed by atoms with Gasteiger partial charge in [-0.25, -0.2) is 9.78 Å². The van der Waals surface area contributed by atoms with Gasteiger partial charge in [-0.2, -0.15) is 0 Å². The topological polar surface area (TPSA) is 149 Å². The SMILES string of the molecule is COC(=O)c1sc(N2C(=O)C(=O)C(=C(O)c3ccc(OC(C)C)c(C)c3)[C@H]2c2ccc([N+](=O)[O-])cc2)nc1C. The van der Waals surface area contributed by atoms with E-state index in [4.69, 9.17) is 9.47 Å². The number of nitrogens with zero attached hydrogens (tertiary/aromatic N) is 3. The summed E-state index contributed by atoms with van der Waals surface area (Å²) in [5, 5.41) is 22.6. The van der Waals surface area contributed by atoms with Crippen molar-refractivity contribution in [3.8, 4) is 5.75 Å². The molecule has 0 radical (unpaired) electrons. The smallest absolute Gasteiger partial charge is 0.350 e. The Bertz CT molecular complexity index is 1520. The van der Waals surface area contributed by atoms with Gasteiger partial charge in [-0.15, -0.1) is 0 Å². The molecule has 0 bridgehead atoms. The molecule has 12 heteroatoms. The molecule has 1 aliphatic heterocycles. The molecule has 1 saturated heterocycles.